The third-order valence-corrected chi connectivity index (χ3v) is 5.12. The molecule has 0 atom stereocenters. The molecule has 6 nitrogen and oxygen atoms in total. The first-order valence-electron chi connectivity index (χ1n) is 9.01. The number of hydrogen-bond donors (Lipinski definition) is 2. The minimum Gasteiger partial charge on any atom is -0.495 e. The van der Waals surface area contributed by atoms with Crippen molar-refractivity contribution in [2.24, 2.45) is 0 Å². The summed E-state index contributed by atoms with van der Waals surface area (Å²) in [5, 5.41) is 7.05. The van der Waals surface area contributed by atoms with E-state index in [1.807, 2.05) is 18.2 Å². The first-order chi connectivity index (χ1) is 13.5. The Balaban J connectivity index is 1.71. The smallest absolute Gasteiger partial charge is 0.243 e. The third-order valence-electron chi connectivity index (χ3n) is 4.59. The van der Waals surface area contributed by atoms with Crippen molar-refractivity contribution in [3.05, 3.63) is 40.4 Å². The highest BCUT2D eigenvalue weighted by atomic mass is 35.5. The lowest BCUT2D eigenvalue weighted by atomic mass is 10.2. The van der Waals surface area contributed by atoms with Crippen LogP contribution in [-0.4, -0.2) is 39.8 Å². The molecule has 2 aromatic carbocycles. The molecule has 2 aromatic rings. The SMILES string of the molecule is COc1cc(NC(=O)CNc2cc(Cl)ccc2N2CCCC2)c(OC)cc1Cl. The normalized spacial score (nSPS) is 13.4. The Morgan fingerprint density at radius 3 is 2.43 bits per heavy atom. The number of carbonyl (C=O) groups is 1. The van der Waals surface area contributed by atoms with Crippen molar-refractivity contribution in [1.82, 2.24) is 0 Å². The predicted octanol–water partition coefficient (Wildman–Crippen LogP) is 4.66. The molecule has 0 saturated carbocycles. The minimum absolute atomic E-state index is 0.0786. The highest BCUT2D eigenvalue weighted by Crippen LogP contribution is 2.36. The summed E-state index contributed by atoms with van der Waals surface area (Å²) in [6.45, 7) is 2.09. The van der Waals surface area contributed by atoms with E-state index in [4.69, 9.17) is 32.7 Å². The van der Waals surface area contributed by atoms with Crippen molar-refractivity contribution in [3.8, 4) is 11.5 Å². The highest BCUT2D eigenvalue weighted by molar-refractivity contribution is 6.32. The second-order valence-electron chi connectivity index (χ2n) is 6.44. The lowest BCUT2D eigenvalue weighted by molar-refractivity contribution is -0.114. The maximum atomic E-state index is 12.5. The van der Waals surface area contributed by atoms with Crippen LogP contribution in [0.15, 0.2) is 30.3 Å². The number of ether oxygens (including phenoxy) is 2. The average molecular weight is 424 g/mol. The Bertz CT molecular complexity index is 855. The lowest BCUT2D eigenvalue weighted by Crippen LogP contribution is -2.24. The number of amides is 1. The van der Waals surface area contributed by atoms with Crippen LogP contribution < -0.4 is 25.0 Å². The minimum atomic E-state index is -0.227. The van der Waals surface area contributed by atoms with E-state index in [-0.39, 0.29) is 12.5 Å². The molecule has 0 aliphatic carbocycles. The van der Waals surface area contributed by atoms with E-state index in [0.717, 1.165) is 24.5 Å². The Morgan fingerprint density at radius 2 is 1.75 bits per heavy atom. The number of benzene rings is 2. The van der Waals surface area contributed by atoms with Crippen molar-refractivity contribution in [1.29, 1.82) is 0 Å². The Morgan fingerprint density at radius 1 is 1.04 bits per heavy atom. The van der Waals surface area contributed by atoms with E-state index in [1.54, 1.807) is 12.1 Å². The molecule has 1 aliphatic rings. The van der Waals surface area contributed by atoms with Crippen LogP contribution in [0, 0.1) is 0 Å². The standard InChI is InChI=1S/C20H23Cl2N3O3/c1-27-18-11-16(19(28-2)10-14(18)22)24-20(26)12-23-15-9-13(21)5-6-17(15)25-7-3-4-8-25/h5-6,9-11,23H,3-4,7-8,12H2,1-2H3,(H,24,26). The van der Waals surface area contributed by atoms with Gasteiger partial charge in [-0.1, -0.05) is 23.2 Å². The van der Waals surface area contributed by atoms with Gasteiger partial charge < -0.3 is 25.0 Å². The van der Waals surface area contributed by atoms with Gasteiger partial charge in [0.15, 0.2) is 0 Å². The zero-order chi connectivity index (χ0) is 20.1. The van der Waals surface area contributed by atoms with Gasteiger partial charge in [-0.2, -0.15) is 0 Å². The summed E-state index contributed by atoms with van der Waals surface area (Å²) in [4.78, 5) is 14.8. The van der Waals surface area contributed by atoms with Crippen molar-refractivity contribution < 1.29 is 14.3 Å². The Hall–Kier alpha value is -2.31. The molecule has 0 aromatic heterocycles. The van der Waals surface area contributed by atoms with Gasteiger partial charge in [-0.3, -0.25) is 4.79 Å². The Kier molecular flexibility index (Phi) is 6.75. The van der Waals surface area contributed by atoms with Crippen molar-refractivity contribution in [3.63, 3.8) is 0 Å². The van der Waals surface area contributed by atoms with Gasteiger partial charge in [-0.25, -0.2) is 0 Å². The van der Waals surface area contributed by atoms with Gasteiger partial charge in [0.2, 0.25) is 5.91 Å². The van der Waals surface area contributed by atoms with E-state index in [1.165, 1.54) is 27.1 Å². The fraction of sp³-hybridized carbons (Fsp3) is 0.350. The van der Waals surface area contributed by atoms with E-state index >= 15 is 0 Å². The molecule has 1 heterocycles. The molecule has 0 radical (unpaired) electrons. The van der Waals surface area contributed by atoms with Gasteiger partial charge in [0, 0.05) is 30.2 Å². The predicted molar refractivity (Wildman–Crippen MR) is 115 cm³/mol. The summed E-state index contributed by atoms with van der Waals surface area (Å²) in [7, 11) is 3.03. The maximum absolute atomic E-state index is 12.5. The number of nitrogens with one attached hydrogen (secondary N) is 2. The van der Waals surface area contributed by atoms with Crippen molar-refractivity contribution >= 4 is 46.2 Å². The van der Waals surface area contributed by atoms with E-state index in [2.05, 4.69) is 15.5 Å². The molecule has 3 rings (SSSR count). The second-order valence-corrected chi connectivity index (χ2v) is 7.29. The number of nitrogens with zero attached hydrogens (tertiary/aromatic N) is 1. The molecule has 8 heteroatoms. The maximum Gasteiger partial charge on any atom is 0.243 e. The topological polar surface area (TPSA) is 62.8 Å². The first kappa shape index (κ1) is 20.4. The molecule has 28 heavy (non-hydrogen) atoms. The first-order valence-corrected chi connectivity index (χ1v) is 9.77. The van der Waals surface area contributed by atoms with Gasteiger partial charge in [-0.05, 0) is 31.0 Å². The lowest BCUT2D eigenvalue weighted by Gasteiger charge is -2.22. The van der Waals surface area contributed by atoms with Gasteiger partial charge in [0.1, 0.15) is 11.5 Å². The van der Waals surface area contributed by atoms with Crippen molar-refractivity contribution in [2.75, 3.05) is 49.4 Å². The zero-order valence-electron chi connectivity index (χ0n) is 15.9. The van der Waals surface area contributed by atoms with Crippen LogP contribution in [0.2, 0.25) is 10.0 Å². The molecular weight excluding hydrogens is 401 g/mol. The van der Waals surface area contributed by atoms with Gasteiger partial charge >= 0.3 is 0 Å². The second kappa shape index (κ2) is 9.26. The third kappa shape index (κ3) is 4.75. The van der Waals surface area contributed by atoms with E-state index < -0.39 is 0 Å². The summed E-state index contributed by atoms with van der Waals surface area (Å²) in [6.07, 6.45) is 2.33. The summed E-state index contributed by atoms with van der Waals surface area (Å²) >= 11 is 12.3. The zero-order valence-corrected chi connectivity index (χ0v) is 17.4. The molecule has 1 aliphatic heterocycles. The fourth-order valence-electron chi connectivity index (χ4n) is 3.21. The molecule has 2 N–H and O–H groups in total. The molecular formula is C20H23Cl2N3O3. The molecule has 150 valence electrons. The number of methoxy groups -OCH3 is 2. The molecule has 1 amide bonds. The number of hydrogen-bond acceptors (Lipinski definition) is 5. The summed E-state index contributed by atoms with van der Waals surface area (Å²) < 4.78 is 10.5. The number of anilines is 3. The van der Waals surface area contributed by atoms with E-state index in [0.29, 0.717) is 27.2 Å². The van der Waals surface area contributed by atoms with Crippen LogP contribution in [-0.2, 0) is 4.79 Å². The summed E-state index contributed by atoms with van der Waals surface area (Å²) in [5.41, 5.74) is 2.38. The average Bonchev–Trinajstić information content (AvgIpc) is 3.22. The largest absolute Gasteiger partial charge is 0.495 e. The molecule has 1 saturated heterocycles. The van der Waals surface area contributed by atoms with Crippen LogP contribution in [0.3, 0.4) is 0 Å². The van der Waals surface area contributed by atoms with Crippen LogP contribution >= 0.6 is 23.2 Å². The molecule has 0 spiro atoms. The Labute approximate surface area is 174 Å². The summed E-state index contributed by atoms with van der Waals surface area (Å²) in [5.74, 6) is 0.687. The van der Waals surface area contributed by atoms with E-state index in [9.17, 15) is 4.79 Å². The highest BCUT2D eigenvalue weighted by Gasteiger charge is 2.17. The van der Waals surface area contributed by atoms with Crippen molar-refractivity contribution in [2.45, 2.75) is 12.8 Å². The fourth-order valence-corrected chi connectivity index (χ4v) is 3.61. The summed E-state index contributed by atoms with van der Waals surface area (Å²) in [6, 6.07) is 8.93. The molecule has 0 unspecified atom stereocenters. The molecule has 0 bridgehead atoms. The monoisotopic (exact) mass is 423 g/mol. The number of halogens is 2. The van der Waals surface area contributed by atoms with Gasteiger partial charge in [0.25, 0.3) is 0 Å². The number of carbonyl (C=O) groups excluding carboxylic acids is 1. The molecule has 1 fully saturated rings. The van der Waals surface area contributed by atoms with Gasteiger partial charge in [0.05, 0.1) is 42.8 Å². The van der Waals surface area contributed by atoms with Crippen LogP contribution in [0.1, 0.15) is 12.8 Å². The van der Waals surface area contributed by atoms with Crippen LogP contribution in [0.4, 0.5) is 17.1 Å². The quantitative estimate of drug-likeness (QED) is 0.677. The number of rotatable bonds is 7. The van der Waals surface area contributed by atoms with Crippen LogP contribution in [0.25, 0.3) is 0 Å². The van der Waals surface area contributed by atoms with Gasteiger partial charge in [-0.15, -0.1) is 0 Å². The van der Waals surface area contributed by atoms with Crippen LogP contribution in [0.5, 0.6) is 11.5 Å².